The summed E-state index contributed by atoms with van der Waals surface area (Å²) < 4.78 is 58.6. The van der Waals surface area contributed by atoms with Gasteiger partial charge in [-0.1, -0.05) is 0 Å². The Kier molecular flexibility index (Phi) is 3.67. The Bertz CT molecular complexity index is 966. The topological polar surface area (TPSA) is 91.7 Å². The molecule has 2 N–H and O–H groups in total. The minimum absolute atomic E-state index is 0.0550. The average molecular weight is 368 g/mol. The number of anilines is 1. The maximum atomic E-state index is 13.2. The highest BCUT2D eigenvalue weighted by atomic mass is 19.4. The molecule has 3 aromatic heterocycles. The second-order valence-corrected chi connectivity index (χ2v) is 5.91. The van der Waals surface area contributed by atoms with E-state index in [9.17, 15) is 17.6 Å². The maximum absolute atomic E-state index is 13.2. The summed E-state index contributed by atoms with van der Waals surface area (Å²) >= 11 is 0. The number of alkyl halides is 4. The van der Waals surface area contributed by atoms with Crippen molar-refractivity contribution < 1.29 is 22.3 Å². The zero-order valence-electron chi connectivity index (χ0n) is 13.1. The number of hydrogen-bond acceptors (Lipinski definition) is 6. The fourth-order valence-corrected chi connectivity index (χ4v) is 2.75. The first-order chi connectivity index (χ1) is 12.3. The standard InChI is InChI=1S/C15H12F4N6O/c16-8-4-9(5-8)25-13-11(12(20)22-6-23-13)14(24-25)26-10-3-7(1-2-21-10)15(17,18)19/h1-3,6,8-9H,4-5H2,(H2,20,22,23). The van der Waals surface area contributed by atoms with Crippen LogP contribution >= 0.6 is 0 Å². The van der Waals surface area contributed by atoms with Crippen molar-refractivity contribution in [3.63, 3.8) is 0 Å². The van der Waals surface area contributed by atoms with Crippen LogP contribution in [0, 0.1) is 0 Å². The van der Waals surface area contributed by atoms with Gasteiger partial charge >= 0.3 is 6.18 Å². The molecule has 0 spiro atoms. The van der Waals surface area contributed by atoms with Gasteiger partial charge in [-0.25, -0.2) is 24.0 Å². The molecule has 0 unspecified atom stereocenters. The number of halogens is 4. The minimum atomic E-state index is -4.54. The Morgan fingerprint density at radius 2 is 1.96 bits per heavy atom. The lowest BCUT2D eigenvalue weighted by Crippen LogP contribution is -2.28. The summed E-state index contributed by atoms with van der Waals surface area (Å²) in [6.07, 6.45) is -2.71. The summed E-state index contributed by atoms with van der Waals surface area (Å²) in [7, 11) is 0. The average Bonchev–Trinajstić information content (AvgIpc) is 2.91. The summed E-state index contributed by atoms with van der Waals surface area (Å²) in [5.41, 5.74) is 5.27. The lowest BCUT2D eigenvalue weighted by Gasteiger charge is -2.29. The van der Waals surface area contributed by atoms with Crippen LogP contribution in [-0.2, 0) is 6.18 Å². The highest BCUT2D eigenvalue weighted by Gasteiger charge is 2.34. The number of nitrogens with two attached hydrogens (primary N) is 1. The molecular formula is C15H12F4N6O. The van der Waals surface area contributed by atoms with Gasteiger partial charge in [-0.2, -0.15) is 13.2 Å². The van der Waals surface area contributed by atoms with Crippen LogP contribution in [0.2, 0.25) is 0 Å². The van der Waals surface area contributed by atoms with E-state index in [0.717, 1.165) is 18.3 Å². The van der Waals surface area contributed by atoms with Crippen molar-refractivity contribution in [2.24, 2.45) is 0 Å². The molecule has 0 aromatic carbocycles. The number of fused-ring (bicyclic) bond motifs is 1. The van der Waals surface area contributed by atoms with Gasteiger partial charge in [0.25, 0.3) is 5.88 Å². The maximum Gasteiger partial charge on any atom is 0.416 e. The van der Waals surface area contributed by atoms with Crippen molar-refractivity contribution in [1.29, 1.82) is 0 Å². The van der Waals surface area contributed by atoms with Gasteiger partial charge in [0.05, 0.1) is 11.6 Å². The molecule has 1 fully saturated rings. The minimum Gasteiger partial charge on any atom is -0.418 e. The van der Waals surface area contributed by atoms with Crippen molar-refractivity contribution in [1.82, 2.24) is 24.7 Å². The molecule has 136 valence electrons. The van der Waals surface area contributed by atoms with Gasteiger partial charge in [0.1, 0.15) is 23.7 Å². The van der Waals surface area contributed by atoms with Crippen LogP contribution in [0.3, 0.4) is 0 Å². The molecule has 3 heterocycles. The predicted molar refractivity (Wildman–Crippen MR) is 82.2 cm³/mol. The predicted octanol–water partition coefficient (Wildman–Crippen LogP) is 3.29. The molecule has 26 heavy (non-hydrogen) atoms. The Morgan fingerprint density at radius 3 is 2.65 bits per heavy atom. The number of nitrogens with zero attached hydrogens (tertiary/aromatic N) is 5. The largest absolute Gasteiger partial charge is 0.418 e. The van der Waals surface area contributed by atoms with Gasteiger partial charge in [-0.3, -0.25) is 0 Å². The highest BCUT2D eigenvalue weighted by molar-refractivity contribution is 5.90. The number of nitrogen functional groups attached to an aromatic ring is 1. The van der Waals surface area contributed by atoms with E-state index >= 15 is 0 Å². The van der Waals surface area contributed by atoms with Crippen molar-refractivity contribution in [3.8, 4) is 11.8 Å². The van der Waals surface area contributed by atoms with E-state index in [2.05, 4.69) is 20.1 Å². The van der Waals surface area contributed by atoms with Crippen molar-refractivity contribution >= 4 is 16.9 Å². The zero-order valence-corrected chi connectivity index (χ0v) is 13.1. The molecule has 0 amide bonds. The fourth-order valence-electron chi connectivity index (χ4n) is 2.75. The first-order valence-electron chi connectivity index (χ1n) is 7.67. The second kappa shape index (κ2) is 5.78. The van der Waals surface area contributed by atoms with E-state index in [0.29, 0.717) is 5.65 Å². The van der Waals surface area contributed by atoms with E-state index in [1.165, 1.54) is 11.0 Å². The van der Waals surface area contributed by atoms with E-state index in [1.807, 2.05) is 0 Å². The third-order valence-corrected chi connectivity index (χ3v) is 4.15. The third kappa shape index (κ3) is 2.78. The number of ether oxygens (including phenoxy) is 1. The van der Waals surface area contributed by atoms with Gasteiger partial charge in [0.15, 0.2) is 5.65 Å². The number of hydrogen-bond donors (Lipinski definition) is 1. The Hall–Kier alpha value is -2.98. The molecule has 3 aromatic rings. The van der Waals surface area contributed by atoms with Crippen LogP contribution in [-0.4, -0.2) is 30.9 Å². The SMILES string of the molecule is Nc1ncnc2c1c(Oc1cc(C(F)(F)F)ccn1)nn2C1CC(F)C1. The van der Waals surface area contributed by atoms with E-state index in [-0.39, 0.29) is 41.8 Å². The van der Waals surface area contributed by atoms with Gasteiger partial charge in [0.2, 0.25) is 5.88 Å². The van der Waals surface area contributed by atoms with Crippen LogP contribution in [0.1, 0.15) is 24.4 Å². The molecule has 0 saturated heterocycles. The summed E-state index contributed by atoms with van der Waals surface area (Å²) in [5, 5.41) is 4.46. The van der Waals surface area contributed by atoms with Gasteiger partial charge in [0, 0.05) is 25.1 Å². The molecule has 0 aliphatic heterocycles. The summed E-state index contributed by atoms with van der Waals surface area (Å²) in [5.74, 6) is -0.321. The van der Waals surface area contributed by atoms with E-state index in [1.54, 1.807) is 0 Å². The quantitative estimate of drug-likeness (QED) is 0.714. The normalized spacial score (nSPS) is 20.2. The summed E-state index contributed by atoms with van der Waals surface area (Å²) in [6.45, 7) is 0. The second-order valence-electron chi connectivity index (χ2n) is 5.91. The van der Waals surface area contributed by atoms with E-state index in [4.69, 9.17) is 10.5 Å². The first-order valence-corrected chi connectivity index (χ1v) is 7.67. The van der Waals surface area contributed by atoms with Crippen molar-refractivity contribution in [2.45, 2.75) is 31.2 Å². The van der Waals surface area contributed by atoms with Crippen molar-refractivity contribution in [2.75, 3.05) is 5.73 Å². The molecule has 7 nitrogen and oxygen atoms in total. The van der Waals surface area contributed by atoms with Crippen LogP contribution in [0.4, 0.5) is 23.4 Å². The lowest BCUT2D eigenvalue weighted by molar-refractivity contribution is -0.137. The molecule has 11 heteroatoms. The van der Waals surface area contributed by atoms with Crippen LogP contribution in [0.15, 0.2) is 24.7 Å². The lowest BCUT2D eigenvalue weighted by atomic mass is 9.91. The highest BCUT2D eigenvalue weighted by Crippen LogP contribution is 2.40. The fraction of sp³-hybridized carbons (Fsp3) is 0.333. The van der Waals surface area contributed by atoms with Gasteiger partial charge in [-0.15, -0.1) is 5.10 Å². The molecule has 0 atom stereocenters. The number of rotatable bonds is 3. The molecule has 4 rings (SSSR count). The number of pyridine rings is 1. The molecule has 1 saturated carbocycles. The number of aromatic nitrogens is 5. The van der Waals surface area contributed by atoms with Gasteiger partial charge < -0.3 is 10.5 Å². The van der Waals surface area contributed by atoms with Crippen LogP contribution < -0.4 is 10.5 Å². The summed E-state index contributed by atoms with van der Waals surface area (Å²) in [6, 6.07) is 1.36. The zero-order chi connectivity index (χ0) is 18.5. The Labute approximate surface area is 143 Å². The first kappa shape index (κ1) is 16.5. The van der Waals surface area contributed by atoms with Gasteiger partial charge in [-0.05, 0) is 6.07 Å². The molecule has 0 radical (unpaired) electrons. The monoisotopic (exact) mass is 368 g/mol. The van der Waals surface area contributed by atoms with E-state index < -0.39 is 17.9 Å². The van der Waals surface area contributed by atoms with Crippen LogP contribution in [0.25, 0.3) is 11.0 Å². The summed E-state index contributed by atoms with van der Waals surface area (Å²) in [4.78, 5) is 11.7. The van der Waals surface area contributed by atoms with Crippen LogP contribution in [0.5, 0.6) is 11.8 Å². The smallest absolute Gasteiger partial charge is 0.416 e. The third-order valence-electron chi connectivity index (χ3n) is 4.15. The Balaban J connectivity index is 1.75. The van der Waals surface area contributed by atoms with Crippen molar-refractivity contribution in [3.05, 3.63) is 30.2 Å². The molecule has 1 aliphatic rings. The molecule has 1 aliphatic carbocycles. The molecule has 0 bridgehead atoms. The Morgan fingerprint density at radius 1 is 1.19 bits per heavy atom. The molecular weight excluding hydrogens is 356 g/mol.